The third kappa shape index (κ3) is 6.30. The van der Waals surface area contributed by atoms with E-state index in [-0.39, 0.29) is 0 Å². The van der Waals surface area contributed by atoms with Gasteiger partial charge in [0.1, 0.15) is 11.5 Å². The van der Waals surface area contributed by atoms with Crippen molar-refractivity contribution >= 4 is 22.7 Å². The zero-order valence-corrected chi connectivity index (χ0v) is 27.1. The monoisotopic (exact) mass is 621 g/mol. The predicted octanol–water partition coefficient (Wildman–Crippen LogP) is 8.60. The van der Waals surface area contributed by atoms with Gasteiger partial charge in [-0.25, -0.2) is 19.3 Å². The van der Waals surface area contributed by atoms with Gasteiger partial charge in [0, 0.05) is 73.7 Å². The van der Waals surface area contributed by atoms with Crippen LogP contribution in [-0.2, 0) is 6.54 Å². The van der Waals surface area contributed by atoms with Gasteiger partial charge in [0.2, 0.25) is 5.95 Å². The van der Waals surface area contributed by atoms with Gasteiger partial charge in [-0.05, 0) is 73.8 Å². The molecule has 1 saturated heterocycles. The zero-order chi connectivity index (χ0) is 30.9. The Morgan fingerprint density at radius 1 is 0.761 bits per heavy atom. The highest BCUT2D eigenvalue weighted by Crippen LogP contribution is 2.43. The molecule has 7 nitrogen and oxygen atoms in total. The van der Waals surface area contributed by atoms with Crippen LogP contribution in [0.4, 0.5) is 16.2 Å². The minimum absolute atomic E-state index is 0.327. The topological polar surface area (TPSA) is 62.1 Å². The SMILES string of the molecule is Fc1cnc(Nc2ccc(CN3CCN(C4CCCCC4)CC3)cn2)nc1-c1ccc2c(c1)c(C1CCC1)cn2C1CCCCC1. The number of halogens is 1. The Balaban J connectivity index is 0.956. The van der Waals surface area contributed by atoms with Crippen LogP contribution in [0.15, 0.2) is 48.9 Å². The van der Waals surface area contributed by atoms with E-state index in [1.807, 2.05) is 18.3 Å². The second-order valence-electron chi connectivity index (χ2n) is 14.3. The second kappa shape index (κ2) is 13.4. The molecule has 0 atom stereocenters. The average Bonchev–Trinajstić information content (AvgIpc) is 3.45. The van der Waals surface area contributed by atoms with Crippen LogP contribution < -0.4 is 5.32 Å². The lowest BCUT2D eigenvalue weighted by molar-refractivity contribution is 0.0754. The highest BCUT2D eigenvalue weighted by Gasteiger charge is 2.27. The van der Waals surface area contributed by atoms with Gasteiger partial charge in [-0.3, -0.25) is 9.80 Å². The van der Waals surface area contributed by atoms with Crippen LogP contribution in [0.3, 0.4) is 0 Å². The molecule has 4 fully saturated rings. The Labute approximate surface area is 272 Å². The highest BCUT2D eigenvalue weighted by atomic mass is 19.1. The van der Waals surface area contributed by atoms with Crippen molar-refractivity contribution in [3.05, 3.63) is 65.9 Å². The number of piperazine rings is 1. The van der Waals surface area contributed by atoms with Crippen LogP contribution in [0.2, 0.25) is 0 Å². The number of hydrogen-bond donors (Lipinski definition) is 1. The van der Waals surface area contributed by atoms with Crippen LogP contribution in [0.5, 0.6) is 0 Å². The molecule has 1 N–H and O–H groups in total. The van der Waals surface area contributed by atoms with Crippen molar-refractivity contribution in [1.82, 2.24) is 29.3 Å². The molecule has 0 radical (unpaired) electrons. The quantitative estimate of drug-likeness (QED) is 0.213. The largest absolute Gasteiger partial charge is 0.344 e. The van der Waals surface area contributed by atoms with Crippen molar-refractivity contribution in [2.45, 2.75) is 108 Å². The summed E-state index contributed by atoms with van der Waals surface area (Å²) in [4.78, 5) is 18.8. The first-order valence-electron chi connectivity index (χ1n) is 18.0. The van der Waals surface area contributed by atoms with Gasteiger partial charge >= 0.3 is 0 Å². The molecule has 0 amide bonds. The summed E-state index contributed by atoms with van der Waals surface area (Å²) < 4.78 is 17.8. The first-order chi connectivity index (χ1) is 22.7. The van der Waals surface area contributed by atoms with Gasteiger partial charge in [0.25, 0.3) is 0 Å². The molecule has 4 aromatic rings. The molecule has 0 spiro atoms. The smallest absolute Gasteiger partial charge is 0.229 e. The number of pyridine rings is 1. The van der Waals surface area contributed by atoms with Gasteiger partial charge in [-0.1, -0.05) is 57.1 Å². The standard InChI is InChI=1S/C38H48FN7/c39-34-24-41-38(42-36-17-14-27(23-40-36)25-44-18-20-45(21-19-44)30-10-3-1-4-11-30)43-37(34)29-15-16-35-32(22-29)33(28-8-7-9-28)26-46(35)31-12-5-2-6-13-31/h14-17,22-24,26,28,30-31H,1-13,18-21,25H2,(H,40,41,42,43). The molecule has 8 heteroatoms. The molecule has 242 valence electrons. The van der Waals surface area contributed by atoms with Crippen LogP contribution in [-0.4, -0.2) is 61.5 Å². The minimum atomic E-state index is -0.409. The fourth-order valence-electron chi connectivity index (χ4n) is 8.46. The number of nitrogens with zero attached hydrogens (tertiary/aromatic N) is 6. The molecule has 1 aromatic carbocycles. The molecule has 8 rings (SSSR count). The highest BCUT2D eigenvalue weighted by molar-refractivity contribution is 5.89. The lowest BCUT2D eigenvalue weighted by Gasteiger charge is -2.40. The minimum Gasteiger partial charge on any atom is -0.344 e. The van der Waals surface area contributed by atoms with E-state index in [1.165, 1.54) is 125 Å². The van der Waals surface area contributed by atoms with Gasteiger partial charge in [0.05, 0.1) is 6.20 Å². The number of fused-ring (bicyclic) bond motifs is 1. The van der Waals surface area contributed by atoms with Gasteiger partial charge in [-0.2, -0.15) is 0 Å². The van der Waals surface area contributed by atoms with Crippen molar-refractivity contribution in [3.8, 4) is 11.3 Å². The van der Waals surface area contributed by atoms with Crippen molar-refractivity contribution in [2.24, 2.45) is 0 Å². The van der Waals surface area contributed by atoms with Crippen molar-refractivity contribution in [3.63, 3.8) is 0 Å². The van der Waals surface area contributed by atoms with Crippen LogP contribution in [0.25, 0.3) is 22.2 Å². The van der Waals surface area contributed by atoms with E-state index >= 15 is 4.39 Å². The molecule has 46 heavy (non-hydrogen) atoms. The number of hydrogen-bond acceptors (Lipinski definition) is 6. The number of nitrogens with one attached hydrogen (secondary N) is 1. The summed E-state index contributed by atoms with van der Waals surface area (Å²) in [6.07, 6.45) is 22.8. The predicted molar refractivity (Wildman–Crippen MR) is 183 cm³/mol. The molecular weight excluding hydrogens is 573 g/mol. The maximum Gasteiger partial charge on any atom is 0.229 e. The number of anilines is 2. The first-order valence-corrected chi connectivity index (χ1v) is 18.0. The Morgan fingerprint density at radius 3 is 2.22 bits per heavy atom. The first kappa shape index (κ1) is 30.0. The summed E-state index contributed by atoms with van der Waals surface area (Å²) in [6.45, 7) is 5.48. The van der Waals surface area contributed by atoms with E-state index in [4.69, 9.17) is 0 Å². The van der Waals surface area contributed by atoms with E-state index in [0.29, 0.717) is 29.4 Å². The fourth-order valence-corrected chi connectivity index (χ4v) is 8.46. The molecule has 4 aliphatic rings. The summed E-state index contributed by atoms with van der Waals surface area (Å²) in [5.41, 5.74) is 5.03. The molecule has 3 aromatic heterocycles. The van der Waals surface area contributed by atoms with E-state index in [0.717, 1.165) is 31.2 Å². The van der Waals surface area contributed by atoms with Gasteiger partial charge < -0.3 is 9.88 Å². The molecular formula is C38H48FN7. The number of benzene rings is 1. The lowest BCUT2D eigenvalue weighted by Crippen LogP contribution is -2.50. The molecule has 3 aliphatic carbocycles. The van der Waals surface area contributed by atoms with E-state index < -0.39 is 5.82 Å². The Hall–Kier alpha value is -3.36. The van der Waals surface area contributed by atoms with Crippen LogP contribution in [0, 0.1) is 5.82 Å². The maximum atomic E-state index is 15.3. The molecule has 4 heterocycles. The normalized spacial score (nSPS) is 21.1. The van der Waals surface area contributed by atoms with Crippen molar-refractivity contribution in [2.75, 3.05) is 31.5 Å². The third-order valence-electron chi connectivity index (χ3n) is 11.4. The van der Waals surface area contributed by atoms with E-state index in [2.05, 4.69) is 59.0 Å². The molecule has 0 bridgehead atoms. The summed E-state index contributed by atoms with van der Waals surface area (Å²) in [7, 11) is 0. The fraction of sp³-hybridized carbons (Fsp3) is 0.553. The summed E-state index contributed by atoms with van der Waals surface area (Å²) >= 11 is 0. The Morgan fingerprint density at radius 2 is 1.52 bits per heavy atom. The van der Waals surface area contributed by atoms with E-state index in [9.17, 15) is 0 Å². The van der Waals surface area contributed by atoms with Crippen LogP contribution in [0.1, 0.15) is 107 Å². The Bertz CT molecular complexity index is 1630. The van der Waals surface area contributed by atoms with Gasteiger partial charge in [-0.15, -0.1) is 0 Å². The Kier molecular flexibility index (Phi) is 8.74. The van der Waals surface area contributed by atoms with Crippen molar-refractivity contribution in [1.29, 1.82) is 0 Å². The van der Waals surface area contributed by atoms with Crippen molar-refractivity contribution < 1.29 is 4.39 Å². The lowest BCUT2D eigenvalue weighted by atomic mass is 9.80. The third-order valence-corrected chi connectivity index (χ3v) is 11.4. The maximum absolute atomic E-state index is 15.3. The number of aromatic nitrogens is 4. The summed E-state index contributed by atoms with van der Waals surface area (Å²) in [5, 5.41) is 4.48. The second-order valence-corrected chi connectivity index (χ2v) is 14.3. The molecule has 3 saturated carbocycles. The number of rotatable bonds is 8. The summed E-state index contributed by atoms with van der Waals surface area (Å²) in [5.74, 6) is 1.22. The molecule has 0 unspecified atom stereocenters. The summed E-state index contributed by atoms with van der Waals surface area (Å²) in [6, 6.07) is 11.9. The molecule has 1 aliphatic heterocycles. The average molecular weight is 622 g/mol. The van der Waals surface area contributed by atoms with Gasteiger partial charge in [0.15, 0.2) is 5.82 Å². The van der Waals surface area contributed by atoms with Crippen LogP contribution >= 0.6 is 0 Å². The van der Waals surface area contributed by atoms with E-state index in [1.54, 1.807) is 0 Å². The zero-order valence-electron chi connectivity index (χ0n) is 27.1.